The number of methoxy groups -OCH3 is 1. The Hall–Kier alpha value is -1.61. The average Bonchev–Trinajstić information content (AvgIpc) is 2.29. The second-order valence-corrected chi connectivity index (χ2v) is 3.30. The first-order valence-corrected chi connectivity index (χ1v) is 4.71. The highest BCUT2D eigenvalue weighted by atomic mass is 35.5. The van der Waals surface area contributed by atoms with Crippen molar-refractivity contribution in [2.24, 2.45) is 0 Å². The third kappa shape index (κ3) is 2.25. The highest BCUT2D eigenvalue weighted by Gasteiger charge is 2.02. The smallest absolute Gasteiger partial charge is 0.216 e. The van der Waals surface area contributed by atoms with Crippen LogP contribution in [-0.4, -0.2) is 17.1 Å². The van der Waals surface area contributed by atoms with E-state index in [0.29, 0.717) is 10.9 Å². The van der Waals surface area contributed by atoms with Crippen molar-refractivity contribution < 1.29 is 4.74 Å². The molecule has 0 amide bonds. The summed E-state index contributed by atoms with van der Waals surface area (Å²) in [5, 5.41) is 0.654. The fourth-order valence-corrected chi connectivity index (χ4v) is 1.36. The predicted octanol–water partition coefficient (Wildman–Crippen LogP) is 2.61. The zero-order valence-corrected chi connectivity index (χ0v) is 8.82. The largest absolute Gasteiger partial charge is 0.481 e. The molecule has 0 aliphatic heterocycles. The van der Waals surface area contributed by atoms with Gasteiger partial charge in [-0.25, -0.2) is 9.97 Å². The summed E-state index contributed by atoms with van der Waals surface area (Å²) in [4.78, 5) is 8.04. The van der Waals surface area contributed by atoms with Gasteiger partial charge in [0.1, 0.15) is 6.33 Å². The van der Waals surface area contributed by atoms with Crippen molar-refractivity contribution in [2.45, 2.75) is 0 Å². The van der Waals surface area contributed by atoms with Crippen molar-refractivity contribution in [3.63, 3.8) is 0 Å². The Morgan fingerprint density at radius 2 is 2.20 bits per heavy atom. The number of aromatic nitrogens is 2. The number of nitrogens with zero attached hydrogens (tertiary/aromatic N) is 2. The number of rotatable bonds is 2. The van der Waals surface area contributed by atoms with Crippen molar-refractivity contribution in [1.82, 2.24) is 9.97 Å². The molecule has 0 aliphatic rings. The molecule has 0 fully saturated rings. The highest BCUT2D eigenvalue weighted by molar-refractivity contribution is 6.30. The van der Waals surface area contributed by atoms with Crippen LogP contribution in [0.3, 0.4) is 0 Å². The molecule has 0 unspecified atom stereocenters. The first-order valence-electron chi connectivity index (χ1n) is 4.33. The van der Waals surface area contributed by atoms with E-state index in [9.17, 15) is 0 Å². The molecular formula is C11H8ClN2O. The van der Waals surface area contributed by atoms with Gasteiger partial charge in [0.05, 0.1) is 12.8 Å². The summed E-state index contributed by atoms with van der Waals surface area (Å²) >= 11 is 5.87. The molecule has 2 aromatic rings. The summed E-state index contributed by atoms with van der Waals surface area (Å²) in [6.45, 7) is 0. The first-order chi connectivity index (χ1) is 7.29. The van der Waals surface area contributed by atoms with Crippen LogP contribution >= 0.6 is 11.6 Å². The molecule has 0 saturated carbocycles. The fraction of sp³-hybridized carbons (Fsp3) is 0.0909. The molecule has 1 aromatic carbocycles. The van der Waals surface area contributed by atoms with Gasteiger partial charge < -0.3 is 4.74 Å². The van der Waals surface area contributed by atoms with Gasteiger partial charge in [-0.05, 0) is 18.2 Å². The second-order valence-electron chi connectivity index (χ2n) is 2.87. The van der Waals surface area contributed by atoms with Gasteiger partial charge in [-0.3, -0.25) is 0 Å². The van der Waals surface area contributed by atoms with Crippen LogP contribution in [0, 0.1) is 6.07 Å². The topological polar surface area (TPSA) is 35.0 Å². The van der Waals surface area contributed by atoms with Crippen LogP contribution in [0.2, 0.25) is 5.02 Å². The Bertz CT molecular complexity index is 474. The molecule has 4 heteroatoms. The van der Waals surface area contributed by atoms with E-state index >= 15 is 0 Å². The van der Waals surface area contributed by atoms with Gasteiger partial charge in [0.15, 0.2) is 0 Å². The summed E-state index contributed by atoms with van der Waals surface area (Å²) in [7, 11) is 1.56. The summed E-state index contributed by atoms with van der Waals surface area (Å²) in [6.07, 6.45) is 1.45. The minimum absolute atomic E-state index is 0.522. The maximum Gasteiger partial charge on any atom is 0.216 e. The Morgan fingerprint density at radius 3 is 2.93 bits per heavy atom. The van der Waals surface area contributed by atoms with Crippen LogP contribution in [0.1, 0.15) is 0 Å². The van der Waals surface area contributed by atoms with Crippen LogP contribution < -0.4 is 4.74 Å². The van der Waals surface area contributed by atoms with E-state index in [1.807, 2.05) is 0 Å². The highest BCUT2D eigenvalue weighted by Crippen LogP contribution is 2.21. The summed E-state index contributed by atoms with van der Waals surface area (Å²) in [5.41, 5.74) is 1.56. The maximum absolute atomic E-state index is 5.87. The van der Waals surface area contributed by atoms with Crippen molar-refractivity contribution in [2.75, 3.05) is 7.11 Å². The summed E-state index contributed by atoms with van der Waals surface area (Å²) in [5.74, 6) is 0.522. The normalized spacial score (nSPS) is 10.0. The fourth-order valence-electron chi connectivity index (χ4n) is 1.18. The van der Waals surface area contributed by atoms with Gasteiger partial charge in [0.25, 0.3) is 0 Å². The van der Waals surface area contributed by atoms with Gasteiger partial charge in [-0.1, -0.05) is 17.7 Å². The van der Waals surface area contributed by atoms with Crippen molar-refractivity contribution in [3.8, 4) is 17.1 Å². The van der Waals surface area contributed by atoms with E-state index in [1.165, 1.54) is 6.33 Å². The molecule has 75 valence electrons. The molecule has 1 heterocycles. The van der Waals surface area contributed by atoms with Crippen LogP contribution in [0.15, 0.2) is 30.6 Å². The molecule has 1 radical (unpaired) electrons. The summed E-state index contributed by atoms with van der Waals surface area (Å²) in [6, 6.07) is 10.1. The zero-order chi connectivity index (χ0) is 10.7. The molecule has 0 atom stereocenters. The summed E-state index contributed by atoms with van der Waals surface area (Å²) < 4.78 is 5.01. The van der Waals surface area contributed by atoms with E-state index < -0.39 is 0 Å². The standard InChI is InChI=1S/C11H8ClN2O/c1-15-11-6-10(13-7-14-11)8-3-2-4-9(12)5-8/h2,4-7H,1H3. The molecule has 2 rings (SSSR count). The van der Waals surface area contributed by atoms with Gasteiger partial charge in [0.2, 0.25) is 5.88 Å². The Labute approximate surface area is 92.7 Å². The van der Waals surface area contributed by atoms with E-state index in [4.69, 9.17) is 16.3 Å². The lowest BCUT2D eigenvalue weighted by Crippen LogP contribution is -1.90. The van der Waals surface area contributed by atoms with E-state index in [0.717, 1.165) is 11.3 Å². The lowest BCUT2D eigenvalue weighted by Gasteiger charge is -2.02. The second kappa shape index (κ2) is 4.28. The van der Waals surface area contributed by atoms with Crippen molar-refractivity contribution in [1.29, 1.82) is 0 Å². The van der Waals surface area contributed by atoms with Crippen LogP contribution in [0.25, 0.3) is 11.3 Å². The molecule has 0 spiro atoms. The molecule has 3 nitrogen and oxygen atoms in total. The molecule has 1 aromatic heterocycles. The maximum atomic E-state index is 5.87. The van der Waals surface area contributed by atoms with E-state index in [-0.39, 0.29) is 0 Å². The van der Waals surface area contributed by atoms with Crippen LogP contribution in [0.4, 0.5) is 0 Å². The zero-order valence-electron chi connectivity index (χ0n) is 8.07. The van der Waals surface area contributed by atoms with Crippen LogP contribution in [0.5, 0.6) is 5.88 Å². The van der Waals surface area contributed by atoms with Gasteiger partial charge in [-0.15, -0.1) is 0 Å². The molecule has 0 N–H and O–H groups in total. The van der Waals surface area contributed by atoms with Crippen molar-refractivity contribution in [3.05, 3.63) is 41.7 Å². The molecular weight excluding hydrogens is 212 g/mol. The SMILES string of the molecule is COc1cc(-c2[c]ccc(Cl)c2)ncn1. The number of ether oxygens (including phenoxy) is 1. The Morgan fingerprint density at radius 1 is 1.33 bits per heavy atom. The average molecular weight is 220 g/mol. The number of benzene rings is 1. The molecule has 15 heavy (non-hydrogen) atoms. The number of hydrogen-bond acceptors (Lipinski definition) is 3. The Balaban J connectivity index is 2.44. The first kappa shape index (κ1) is 9.93. The monoisotopic (exact) mass is 219 g/mol. The van der Waals surface area contributed by atoms with Crippen molar-refractivity contribution >= 4 is 11.6 Å². The molecule has 0 saturated heterocycles. The number of hydrogen-bond donors (Lipinski definition) is 0. The molecule has 0 bridgehead atoms. The van der Waals surface area contributed by atoms with E-state index in [1.54, 1.807) is 31.4 Å². The third-order valence-corrected chi connectivity index (χ3v) is 2.13. The van der Waals surface area contributed by atoms with E-state index in [2.05, 4.69) is 16.0 Å². The van der Waals surface area contributed by atoms with Gasteiger partial charge in [0, 0.05) is 16.7 Å². The Kier molecular flexibility index (Phi) is 2.83. The minimum atomic E-state index is 0.522. The lowest BCUT2D eigenvalue weighted by atomic mass is 10.1. The van der Waals surface area contributed by atoms with Gasteiger partial charge in [-0.2, -0.15) is 0 Å². The lowest BCUT2D eigenvalue weighted by molar-refractivity contribution is 0.397. The quantitative estimate of drug-likeness (QED) is 0.779. The molecule has 0 aliphatic carbocycles. The van der Waals surface area contributed by atoms with Gasteiger partial charge >= 0.3 is 0 Å². The number of halogens is 1. The van der Waals surface area contributed by atoms with Crippen LogP contribution in [-0.2, 0) is 0 Å². The third-order valence-electron chi connectivity index (χ3n) is 1.89. The minimum Gasteiger partial charge on any atom is -0.481 e. The predicted molar refractivity (Wildman–Crippen MR) is 57.9 cm³/mol.